The van der Waals surface area contributed by atoms with Crippen molar-refractivity contribution in [3.8, 4) is 0 Å². The topological polar surface area (TPSA) is 52.9 Å². The van der Waals surface area contributed by atoms with Crippen LogP contribution in [0.2, 0.25) is 0 Å². The molecule has 1 saturated heterocycles. The first-order valence-electron chi connectivity index (χ1n) is 4.20. The predicted octanol–water partition coefficient (Wildman–Crippen LogP) is 0.102. The summed E-state index contributed by atoms with van der Waals surface area (Å²) in [7, 11) is 0. The molecule has 0 aromatic rings. The smallest absolute Gasteiger partial charge is 0.218 e. The van der Waals surface area contributed by atoms with Gasteiger partial charge in [-0.05, 0) is 20.8 Å². The Kier molecular flexibility index (Phi) is 2.73. The van der Waals surface area contributed by atoms with Crippen LogP contribution in [0.15, 0.2) is 0 Å². The molecule has 0 bridgehead atoms. The molecule has 1 heterocycles. The summed E-state index contributed by atoms with van der Waals surface area (Å²) < 4.78 is 5.23. The van der Waals surface area contributed by atoms with Crippen molar-refractivity contribution in [2.24, 2.45) is 0 Å². The molecule has 4 nitrogen and oxygen atoms in total. The monoisotopic (exact) mass is 175 g/mol. The summed E-state index contributed by atoms with van der Waals surface area (Å²) in [5.41, 5.74) is -0.380. The first-order chi connectivity index (χ1) is 5.40. The molecule has 1 rings (SSSR count). The first-order valence-corrected chi connectivity index (χ1v) is 4.20. The second-order valence-corrected chi connectivity index (χ2v) is 4.06. The van der Waals surface area contributed by atoms with E-state index in [2.05, 4.69) is 0 Å². The Morgan fingerprint density at radius 1 is 1.50 bits per heavy atom. The van der Waals surface area contributed by atoms with E-state index in [9.17, 15) is 5.11 Å². The predicted molar refractivity (Wildman–Crippen MR) is 44.2 cm³/mol. The average molecular weight is 175 g/mol. The molecule has 1 fully saturated rings. The fourth-order valence-corrected chi connectivity index (χ4v) is 1.04. The molecule has 2 N–H and O–H groups in total. The number of hydrogen-bond donors (Lipinski definition) is 2. The van der Waals surface area contributed by atoms with E-state index >= 15 is 0 Å². The lowest BCUT2D eigenvalue weighted by molar-refractivity contribution is -0.293. The van der Waals surface area contributed by atoms with Crippen LogP contribution >= 0.6 is 0 Å². The maximum atomic E-state index is 9.42. The van der Waals surface area contributed by atoms with Crippen molar-refractivity contribution in [2.45, 2.75) is 45.4 Å². The molecule has 2 atom stereocenters. The van der Waals surface area contributed by atoms with Crippen LogP contribution in [0.25, 0.3) is 0 Å². The lowest BCUT2D eigenvalue weighted by Gasteiger charge is -2.41. The van der Waals surface area contributed by atoms with Gasteiger partial charge in [0.1, 0.15) is 6.23 Å². The highest BCUT2D eigenvalue weighted by Gasteiger charge is 2.33. The molecule has 1 aliphatic rings. The lowest BCUT2D eigenvalue weighted by atomic mass is 10.2. The molecule has 4 heteroatoms. The summed E-state index contributed by atoms with van der Waals surface area (Å²) in [6.45, 7) is 6.28. The van der Waals surface area contributed by atoms with Gasteiger partial charge in [0.25, 0.3) is 0 Å². The number of aliphatic hydroxyl groups is 2. The standard InChI is InChI=1S/C8H17NO3/c1-8(2,3)12-7(11)9-5-4-6(9)10/h6-7,10-11H,4-5H2,1-3H3. The second-order valence-electron chi connectivity index (χ2n) is 4.06. The highest BCUT2D eigenvalue weighted by Crippen LogP contribution is 2.20. The van der Waals surface area contributed by atoms with Crippen LogP contribution in [-0.4, -0.2) is 39.9 Å². The van der Waals surface area contributed by atoms with Gasteiger partial charge in [-0.1, -0.05) is 0 Å². The molecule has 12 heavy (non-hydrogen) atoms. The lowest BCUT2D eigenvalue weighted by Crippen LogP contribution is -2.55. The van der Waals surface area contributed by atoms with Crippen LogP contribution in [0.3, 0.4) is 0 Å². The molecule has 0 spiro atoms. The van der Waals surface area contributed by atoms with Gasteiger partial charge in [0.05, 0.1) is 5.60 Å². The summed E-state index contributed by atoms with van der Waals surface area (Å²) in [5, 5.41) is 18.6. The molecule has 0 aromatic heterocycles. The van der Waals surface area contributed by atoms with Crippen molar-refractivity contribution in [3.05, 3.63) is 0 Å². The summed E-state index contributed by atoms with van der Waals surface area (Å²) in [6.07, 6.45) is -0.805. The summed E-state index contributed by atoms with van der Waals surface area (Å²) in [6, 6.07) is 0. The minimum absolute atomic E-state index is 0.380. The Morgan fingerprint density at radius 3 is 2.33 bits per heavy atom. The van der Waals surface area contributed by atoms with Crippen LogP contribution in [0.4, 0.5) is 0 Å². The average Bonchev–Trinajstić information content (AvgIpc) is 1.79. The molecule has 2 unspecified atom stereocenters. The number of nitrogens with zero attached hydrogens (tertiary/aromatic N) is 1. The van der Waals surface area contributed by atoms with Crippen LogP contribution in [-0.2, 0) is 4.74 Å². The van der Waals surface area contributed by atoms with E-state index in [4.69, 9.17) is 9.84 Å². The molecule has 0 saturated carbocycles. The molecule has 1 aliphatic heterocycles. The molecule has 72 valence electrons. The van der Waals surface area contributed by atoms with Gasteiger partial charge in [-0.3, -0.25) is 0 Å². The van der Waals surface area contributed by atoms with Crippen LogP contribution < -0.4 is 0 Å². The summed E-state index contributed by atoms with van der Waals surface area (Å²) in [5.74, 6) is 0. The molecule has 0 amide bonds. The SMILES string of the molecule is CC(C)(C)OC(O)N1CCC1O. The van der Waals surface area contributed by atoms with Gasteiger partial charge in [-0.25, -0.2) is 4.90 Å². The van der Waals surface area contributed by atoms with E-state index < -0.39 is 12.6 Å². The Labute approximate surface area is 72.7 Å². The van der Waals surface area contributed by atoms with Gasteiger partial charge in [0.2, 0.25) is 6.41 Å². The van der Waals surface area contributed by atoms with E-state index in [1.807, 2.05) is 20.8 Å². The van der Waals surface area contributed by atoms with Crippen LogP contribution in [0.1, 0.15) is 27.2 Å². The third-order valence-corrected chi connectivity index (χ3v) is 1.77. The minimum atomic E-state index is -0.978. The number of aliphatic hydroxyl groups excluding tert-OH is 2. The molecule has 0 aromatic carbocycles. The van der Waals surface area contributed by atoms with Gasteiger partial charge >= 0.3 is 0 Å². The van der Waals surface area contributed by atoms with Crippen molar-refractivity contribution in [1.82, 2.24) is 4.90 Å². The number of hydrogen-bond acceptors (Lipinski definition) is 4. The minimum Gasteiger partial charge on any atom is -0.378 e. The number of rotatable bonds is 2. The Morgan fingerprint density at radius 2 is 2.08 bits per heavy atom. The van der Waals surface area contributed by atoms with E-state index in [-0.39, 0.29) is 5.60 Å². The van der Waals surface area contributed by atoms with Gasteiger partial charge < -0.3 is 14.9 Å². The van der Waals surface area contributed by atoms with Gasteiger partial charge in [0, 0.05) is 13.0 Å². The van der Waals surface area contributed by atoms with Crippen molar-refractivity contribution < 1.29 is 14.9 Å². The fourth-order valence-electron chi connectivity index (χ4n) is 1.04. The Hall–Kier alpha value is -0.160. The number of likely N-dealkylation sites (tertiary alicyclic amines) is 1. The third-order valence-electron chi connectivity index (χ3n) is 1.77. The summed E-state index contributed by atoms with van der Waals surface area (Å²) >= 11 is 0. The van der Waals surface area contributed by atoms with Crippen LogP contribution in [0, 0.1) is 0 Å². The van der Waals surface area contributed by atoms with Gasteiger partial charge in [0.15, 0.2) is 0 Å². The zero-order chi connectivity index (χ0) is 9.35. The quantitative estimate of drug-likeness (QED) is 0.584. The van der Waals surface area contributed by atoms with Crippen molar-refractivity contribution in [2.75, 3.05) is 6.54 Å². The van der Waals surface area contributed by atoms with Crippen molar-refractivity contribution in [3.63, 3.8) is 0 Å². The molecular formula is C8H17NO3. The zero-order valence-electron chi connectivity index (χ0n) is 7.82. The first kappa shape index (κ1) is 9.92. The second kappa shape index (κ2) is 3.30. The Bertz CT molecular complexity index is 155. The largest absolute Gasteiger partial charge is 0.378 e. The van der Waals surface area contributed by atoms with Crippen molar-refractivity contribution >= 4 is 0 Å². The maximum Gasteiger partial charge on any atom is 0.218 e. The zero-order valence-corrected chi connectivity index (χ0v) is 7.82. The molecule has 0 radical (unpaired) electrons. The van der Waals surface area contributed by atoms with Crippen molar-refractivity contribution in [1.29, 1.82) is 0 Å². The van der Waals surface area contributed by atoms with Gasteiger partial charge in [-0.15, -0.1) is 0 Å². The summed E-state index contributed by atoms with van der Waals surface area (Å²) in [4.78, 5) is 1.51. The number of ether oxygens (including phenoxy) is 1. The highest BCUT2D eigenvalue weighted by atomic mass is 16.6. The van der Waals surface area contributed by atoms with Crippen LogP contribution in [0.5, 0.6) is 0 Å². The van der Waals surface area contributed by atoms with E-state index in [0.717, 1.165) is 0 Å². The normalized spacial score (nSPS) is 28.2. The Balaban J connectivity index is 2.33. The van der Waals surface area contributed by atoms with E-state index in [1.165, 1.54) is 4.90 Å². The van der Waals surface area contributed by atoms with E-state index in [1.54, 1.807) is 0 Å². The maximum absolute atomic E-state index is 9.42. The molecule has 0 aliphatic carbocycles. The fraction of sp³-hybridized carbons (Fsp3) is 1.00. The van der Waals surface area contributed by atoms with E-state index in [0.29, 0.717) is 13.0 Å². The highest BCUT2D eigenvalue weighted by molar-refractivity contribution is 4.73. The van der Waals surface area contributed by atoms with Gasteiger partial charge in [-0.2, -0.15) is 0 Å². The third kappa shape index (κ3) is 2.42. The molecular weight excluding hydrogens is 158 g/mol.